The summed E-state index contributed by atoms with van der Waals surface area (Å²) >= 11 is 0. The third-order valence-electron chi connectivity index (χ3n) is 11.1. The smallest absolute Gasteiger partial charge is 0.141 e. The third kappa shape index (κ3) is 3.54. The van der Waals surface area contributed by atoms with Crippen molar-refractivity contribution in [2.75, 3.05) is 0 Å². The van der Waals surface area contributed by atoms with Crippen molar-refractivity contribution in [3.05, 3.63) is 183 Å². The fourth-order valence-electron chi connectivity index (χ4n) is 8.64. The van der Waals surface area contributed by atoms with Gasteiger partial charge >= 0.3 is 0 Å². The minimum atomic E-state index is -1.50. The molecular weight excluding hydrogens is 560 g/mol. The maximum Gasteiger partial charge on any atom is 0.141 e. The molecule has 3 aliphatic rings. The van der Waals surface area contributed by atoms with Gasteiger partial charge in [-0.15, -0.1) is 0 Å². The highest BCUT2D eigenvalue weighted by Crippen LogP contribution is 2.58. The van der Waals surface area contributed by atoms with E-state index in [2.05, 4.69) is 112 Å². The highest BCUT2D eigenvalue weighted by molar-refractivity contribution is 5.86. The summed E-state index contributed by atoms with van der Waals surface area (Å²) in [6.45, 7) is 6.77. The summed E-state index contributed by atoms with van der Waals surface area (Å²) in [5.41, 5.74) is 8.43. The van der Waals surface area contributed by atoms with Crippen LogP contribution in [0.4, 0.5) is 0 Å². The van der Waals surface area contributed by atoms with Crippen molar-refractivity contribution in [2.45, 2.75) is 43.8 Å². The van der Waals surface area contributed by atoms with Crippen LogP contribution in [0.25, 0.3) is 28.0 Å². The molecule has 2 heteroatoms. The lowest BCUT2D eigenvalue weighted by molar-refractivity contribution is 0.0747. The molecule has 224 valence electrons. The topological polar surface area (TPSA) is 40.5 Å². The summed E-state index contributed by atoms with van der Waals surface area (Å²) in [6.07, 6.45) is 5.39. The van der Waals surface area contributed by atoms with Crippen molar-refractivity contribution in [3.63, 3.8) is 0 Å². The minimum Gasteiger partial charge on any atom is -0.376 e. The Kier molecular flexibility index (Phi) is 5.62. The van der Waals surface area contributed by atoms with Crippen LogP contribution in [0.15, 0.2) is 127 Å². The molecule has 2 nitrogen and oxygen atoms in total. The molecule has 0 amide bonds. The van der Waals surface area contributed by atoms with Crippen LogP contribution in [-0.4, -0.2) is 10.2 Å². The molecule has 3 aliphatic carbocycles. The Morgan fingerprint density at radius 3 is 1.91 bits per heavy atom. The average Bonchev–Trinajstić information content (AvgIpc) is 3.31. The van der Waals surface area contributed by atoms with E-state index in [1.54, 1.807) is 0 Å². The van der Waals surface area contributed by atoms with E-state index in [4.69, 9.17) is 0 Å². The predicted octanol–water partition coefficient (Wildman–Crippen LogP) is 9.23. The molecule has 3 atom stereocenters. The molecule has 0 radical (unpaired) electrons. The molecule has 0 saturated carbocycles. The number of hydrogen-bond acceptors (Lipinski definition) is 2. The van der Waals surface area contributed by atoms with Crippen molar-refractivity contribution >= 4 is 16.8 Å². The van der Waals surface area contributed by atoms with Crippen molar-refractivity contribution < 1.29 is 10.2 Å². The zero-order valence-electron chi connectivity index (χ0n) is 26.4. The normalized spacial score (nSPS) is 23.3. The van der Waals surface area contributed by atoms with E-state index < -0.39 is 11.2 Å². The Balaban J connectivity index is 1.40. The highest BCUT2D eigenvalue weighted by atomic mass is 16.3. The number of rotatable bonds is 2. The van der Waals surface area contributed by atoms with Gasteiger partial charge in [0, 0.05) is 11.0 Å². The van der Waals surface area contributed by atoms with Gasteiger partial charge in [0.15, 0.2) is 0 Å². The summed E-state index contributed by atoms with van der Waals surface area (Å²) in [7, 11) is 0. The SMILES string of the molecule is CC1C=Cc2ccc(C3(O)c4ccccc4C(O)(c4ccc5ccccc5c4)c4cc5c(cc43)C(C)(C)c3ccccc3-5)cc2C1. The van der Waals surface area contributed by atoms with E-state index >= 15 is 0 Å². The molecule has 46 heavy (non-hydrogen) atoms. The summed E-state index contributed by atoms with van der Waals surface area (Å²) in [5, 5.41) is 29.0. The summed E-state index contributed by atoms with van der Waals surface area (Å²) in [6, 6.07) is 41.9. The van der Waals surface area contributed by atoms with Gasteiger partial charge in [0.2, 0.25) is 0 Å². The van der Waals surface area contributed by atoms with E-state index in [0.29, 0.717) is 17.0 Å². The van der Waals surface area contributed by atoms with Crippen LogP contribution in [0, 0.1) is 5.92 Å². The first-order chi connectivity index (χ1) is 22.2. The Hall–Kier alpha value is -4.76. The second-order valence-corrected chi connectivity index (χ2v) is 14.1. The Labute approximate surface area is 270 Å². The lowest BCUT2D eigenvalue weighted by Gasteiger charge is -2.46. The Bertz CT molecular complexity index is 2270. The van der Waals surface area contributed by atoms with Gasteiger partial charge < -0.3 is 10.2 Å². The van der Waals surface area contributed by atoms with Crippen molar-refractivity contribution in [2.24, 2.45) is 5.92 Å². The molecule has 2 N–H and O–H groups in total. The van der Waals surface area contributed by atoms with Crippen molar-refractivity contribution in [1.29, 1.82) is 0 Å². The minimum absolute atomic E-state index is 0.268. The maximum absolute atomic E-state index is 13.5. The van der Waals surface area contributed by atoms with Crippen LogP contribution in [0.1, 0.15) is 76.4 Å². The van der Waals surface area contributed by atoms with Gasteiger partial charge in [-0.25, -0.2) is 0 Å². The molecule has 3 unspecified atom stereocenters. The van der Waals surface area contributed by atoms with Gasteiger partial charge in [-0.1, -0.05) is 142 Å². The molecule has 9 rings (SSSR count). The zero-order chi connectivity index (χ0) is 31.4. The largest absolute Gasteiger partial charge is 0.376 e. The quantitative estimate of drug-likeness (QED) is 0.209. The van der Waals surface area contributed by atoms with E-state index in [0.717, 1.165) is 45.0 Å². The first-order valence-corrected chi connectivity index (χ1v) is 16.4. The lowest BCUT2D eigenvalue weighted by atomic mass is 9.62. The van der Waals surface area contributed by atoms with Gasteiger partial charge in [0.05, 0.1) is 0 Å². The first kappa shape index (κ1) is 27.5. The molecule has 0 saturated heterocycles. The fraction of sp³-hybridized carbons (Fsp3) is 0.182. The maximum atomic E-state index is 13.5. The average molecular weight is 597 g/mol. The summed E-state index contributed by atoms with van der Waals surface area (Å²) in [5.74, 6) is 0.434. The number of aliphatic hydroxyl groups is 2. The Morgan fingerprint density at radius 1 is 0.543 bits per heavy atom. The molecule has 6 aromatic carbocycles. The standard InChI is InChI=1S/C44H36O2/c1-27-16-17-29-19-21-33(24-31(29)22-27)44(46)38-15-9-8-14-37(38)43(45,32-20-18-28-10-4-5-11-30(28)23-32)40-25-35-34-12-6-7-13-36(34)42(2,3)39(35)26-41(40)44/h4-21,23-27,45-46H,22H2,1-3H3. The molecule has 0 fully saturated rings. The van der Waals surface area contributed by atoms with Crippen LogP contribution in [-0.2, 0) is 23.0 Å². The number of allylic oxidation sites excluding steroid dienone is 1. The monoisotopic (exact) mass is 596 g/mol. The highest BCUT2D eigenvalue weighted by Gasteiger charge is 2.52. The van der Waals surface area contributed by atoms with E-state index in [1.807, 2.05) is 42.5 Å². The van der Waals surface area contributed by atoms with Gasteiger partial charge in [-0.3, -0.25) is 0 Å². The summed E-state index contributed by atoms with van der Waals surface area (Å²) in [4.78, 5) is 0. The number of hydrogen-bond donors (Lipinski definition) is 2. The second-order valence-electron chi connectivity index (χ2n) is 14.1. The first-order valence-electron chi connectivity index (χ1n) is 16.4. The molecule has 6 aromatic rings. The predicted molar refractivity (Wildman–Crippen MR) is 187 cm³/mol. The van der Waals surface area contributed by atoms with Crippen LogP contribution >= 0.6 is 0 Å². The second kappa shape index (κ2) is 9.39. The van der Waals surface area contributed by atoms with Crippen LogP contribution in [0.2, 0.25) is 0 Å². The van der Waals surface area contributed by atoms with Crippen molar-refractivity contribution in [3.8, 4) is 11.1 Å². The van der Waals surface area contributed by atoms with Crippen molar-refractivity contribution in [1.82, 2.24) is 0 Å². The molecule has 0 aromatic heterocycles. The van der Waals surface area contributed by atoms with Gasteiger partial charge in [-0.2, -0.15) is 0 Å². The van der Waals surface area contributed by atoms with E-state index in [1.165, 1.54) is 27.8 Å². The van der Waals surface area contributed by atoms with Crippen LogP contribution in [0.3, 0.4) is 0 Å². The molecule has 0 spiro atoms. The fourth-order valence-corrected chi connectivity index (χ4v) is 8.64. The number of fused-ring (bicyclic) bond motifs is 7. The van der Waals surface area contributed by atoms with Crippen LogP contribution < -0.4 is 0 Å². The van der Waals surface area contributed by atoms with Gasteiger partial charge in [-0.05, 0) is 96.4 Å². The summed E-state index contributed by atoms with van der Waals surface area (Å²) < 4.78 is 0. The molecule has 0 aliphatic heterocycles. The molecule has 0 bridgehead atoms. The van der Waals surface area contributed by atoms with Gasteiger partial charge in [0.25, 0.3) is 0 Å². The lowest BCUT2D eigenvalue weighted by Crippen LogP contribution is -2.44. The molecule has 0 heterocycles. The van der Waals surface area contributed by atoms with E-state index in [9.17, 15) is 10.2 Å². The zero-order valence-corrected chi connectivity index (χ0v) is 26.4. The third-order valence-corrected chi connectivity index (χ3v) is 11.1. The van der Waals surface area contributed by atoms with Gasteiger partial charge in [0.1, 0.15) is 11.2 Å². The van der Waals surface area contributed by atoms with Crippen LogP contribution in [0.5, 0.6) is 0 Å². The van der Waals surface area contributed by atoms with E-state index in [-0.39, 0.29) is 5.41 Å². The Morgan fingerprint density at radius 2 is 1.15 bits per heavy atom. The number of benzene rings is 6. The molecular formula is C44H36O2.